The van der Waals surface area contributed by atoms with E-state index in [0.29, 0.717) is 17.4 Å². The fourth-order valence-electron chi connectivity index (χ4n) is 4.01. The molecule has 0 saturated carbocycles. The van der Waals surface area contributed by atoms with E-state index in [4.69, 9.17) is 0 Å². The number of hydrogen-bond acceptors (Lipinski definition) is 4. The van der Waals surface area contributed by atoms with Crippen LogP contribution in [0.2, 0.25) is 0 Å². The smallest absolute Gasteiger partial charge is 0.279 e. The topological polar surface area (TPSA) is 55.1 Å². The Morgan fingerprint density at radius 2 is 1.85 bits per heavy atom. The molecular formula is C20H25N5O. The van der Waals surface area contributed by atoms with Gasteiger partial charge in [-0.05, 0) is 31.0 Å². The van der Waals surface area contributed by atoms with Crippen LogP contribution in [0, 0.1) is 0 Å². The third kappa shape index (κ3) is 3.01. The van der Waals surface area contributed by atoms with E-state index in [1.807, 2.05) is 23.9 Å². The van der Waals surface area contributed by atoms with Crippen LogP contribution in [0.3, 0.4) is 0 Å². The molecule has 6 heteroatoms. The average Bonchev–Trinajstić information content (AvgIpc) is 3.00. The molecule has 1 aliphatic heterocycles. The third-order valence-corrected chi connectivity index (χ3v) is 5.34. The number of nitrogens with zero attached hydrogens (tertiary/aromatic N) is 4. The zero-order valence-corrected chi connectivity index (χ0v) is 15.5. The van der Waals surface area contributed by atoms with Crippen molar-refractivity contribution >= 4 is 17.0 Å². The SMILES string of the molecule is CN1C[C@H](Nc2nc3ccn(C)c3c(=O)n2C)C[C@H](c2ccccc2)C1. The quantitative estimate of drug-likeness (QED) is 0.786. The highest BCUT2D eigenvalue weighted by Gasteiger charge is 2.27. The van der Waals surface area contributed by atoms with Gasteiger partial charge in [-0.2, -0.15) is 0 Å². The van der Waals surface area contributed by atoms with E-state index in [9.17, 15) is 4.79 Å². The predicted octanol–water partition coefficient (Wildman–Crippen LogP) is 2.17. The molecule has 1 saturated heterocycles. The molecule has 2 atom stereocenters. The maximum atomic E-state index is 12.7. The summed E-state index contributed by atoms with van der Waals surface area (Å²) in [5.74, 6) is 1.12. The predicted molar refractivity (Wildman–Crippen MR) is 105 cm³/mol. The molecular weight excluding hydrogens is 326 g/mol. The summed E-state index contributed by atoms with van der Waals surface area (Å²) in [4.78, 5) is 19.7. The largest absolute Gasteiger partial charge is 0.352 e. The number of likely N-dealkylation sites (N-methyl/N-ethyl adjacent to an activating group) is 1. The molecule has 1 aliphatic rings. The fraction of sp³-hybridized carbons (Fsp3) is 0.400. The van der Waals surface area contributed by atoms with Gasteiger partial charge in [-0.15, -0.1) is 0 Å². The Morgan fingerprint density at radius 1 is 1.08 bits per heavy atom. The first-order valence-electron chi connectivity index (χ1n) is 9.05. The summed E-state index contributed by atoms with van der Waals surface area (Å²) in [6.07, 6.45) is 2.90. The van der Waals surface area contributed by atoms with E-state index in [1.54, 1.807) is 11.6 Å². The van der Waals surface area contributed by atoms with Crippen LogP contribution in [-0.4, -0.2) is 45.2 Å². The van der Waals surface area contributed by atoms with Crippen molar-refractivity contribution in [3.8, 4) is 0 Å². The van der Waals surface area contributed by atoms with Gasteiger partial charge in [0, 0.05) is 39.4 Å². The molecule has 0 aliphatic carbocycles. The molecule has 26 heavy (non-hydrogen) atoms. The van der Waals surface area contributed by atoms with Crippen molar-refractivity contribution in [3.05, 3.63) is 58.5 Å². The number of benzene rings is 1. The molecule has 0 radical (unpaired) electrons. The molecule has 0 bridgehead atoms. The number of piperidine rings is 1. The summed E-state index contributed by atoms with van der Waals surface area (Å²) in [6, 6.07) is 12.8. The number of fused-ring (bicyclic) bond motifs is 1. The highest BCUT2D eigenvalue weighted by Crippen LogP contribution is 2.27. The van der Waals surface area contributed by atoms with Crippen molar-refractivity contribution in [2.75, 3.05) is 25.5 Å². The monoisotopic (exact) mass is 351 g/mol. The molecule has 0 amide bonds. The lowest BCUT2D eigenvalue weighted by atomic mass is 9.88. The number of nitrogens with one attached hydrogen (secondary N) is 1. The number of anilines is 1. The van der Waals surface area contributed by atoms with Crippen molar-refractivity contribution in [1.29, 1.82) is 0 Å². The summed E-state index contributed by atoms with van der Waals surface area (Å²) in [7, 11) is 5.81. The van der Waals surface area contributed by atoms with Gasteiger partial charge in [-0.3, -0.25) is 9.36 Å². The lowest BCUT2D eigenvalue weighted by Gasteiger charge is -2.36. The summed E-state index contributed by atoms with van der Waals surface area (Å²) in [5.41, 5.74) is 2.72. The van der Waals surface area contributed by atoms with Gasteiger partial charge < -0.3 is 14.8 Å². The minimum atomic E-state index is -0.0197. The van der Waals surface area contributed by atoms with Gasteiger partial charge >= 0.3 is 0 Å². The Balaban J connectivity index is 1.61. The van der Waals surface area contributed by atoms with Crippen LogP contribution in [-0.2, 0) is 14.1 Å². The van der Waals surface area contributed by atoms with Crippen LogP contribution in [0.4, 0.5) is 5.95 Å². The van der Waals surface area contributed by atoms with Gasteiger partial charge in [0.15, 0.2) is 0 Å². The Labute approximate surface area is 153 Å². The van der Waals surface area contributed by atoms with Gasteiger partial charge in [-0.25, -0.2) is 4.98 Å². The van der Waals surface area contributed by atoms with Crippen LogP contribution in [0.5, 0.6) is 0 Å². The van der Waals surface area contributed by atoms with Crippen LogP contribution < -0.4 is 10.9 Å². The lowest BCUT2D eigenvalue weighted by Crippen LogP contribution is -2.44. The average molecular weight is 351 g/mol. The summed E-state index contributed by atoms with van der Waals surface area (Å²) < 4.78 is 3.45. The van der Waals surface area contributed by atoms with Crippen molar-refractivity contribution in [3.63, 3.8) is 0 Å². The fourth-order valence-corrected chi connectivity index (χ4v) is 4.01. The zero-order valence-electron chi connectivity index (χ0n) is 15.5. The number of likely N-dealkylation sites (tertiary alicyclic amines) is 1. The molecule has 3 heterocycles. The highest BCUT2D eigenvalue weighted by atomic mass is 16.1. The Kier molecular flexibility index (Phi) is 4.28. The summed E-state index contributed by atoms with van der Waals surface area (Å²) in [6.45, 7) is 1.98. The Morgan fingerprint density at radius 3 is 2.62 bits per heavy atom. The van der Waals surface area contributed by atoms with Crippen molar-refractivity contribution < 1.29 is 0 Å². The minimum Gasteiger partial charge on any atom is -0.352 e. The van der Waals surface area contributed by atoms with E-state index in [0.717, 1.165) is 25.0 Å². The second kappa shape index (κ2) is 6.61. The summed E-state index contributed by atoms with van der Waals surface area (Å²) in [5, 5.41) is 3.52. The van der Waals surface area contributed by atoms with Crippen LogP contribution in [0.15, 0.2) is 47.4 Å². The van der Waals surface area contributed by atoms with Crippen molar-refractivity contribution in [1.82, 2.24) is 19.0 Å². The molecule has 0 unspecified atom stereocenters. The van der Waals surface area contributed by atoms with Gasteiger partial charge in [-0.1, -0.05) is 30.3 Å². The van der Waals surface area contributed by atoms with Gasteiger partial charge in [0.25, 0.3) is 5.56 Å². The first kappa shape index (κ1) is 16.8. The molecule has 1 aromatic carbocycles. The maximum absolute atomic E-state index is 12.7. The second-order valence-corrected chi connectivity index (χ2v) is 7.37. The van der Waals surface area contributed by atoms with Gasteiger partial charge in [0.05, 0.1) is 5.52 Å². The van der Waals surface area contributed by atoms with Gasteiger partial charge in [0.2, 0.25) is 5.95 Å². The van der Waals surface area contributed by atoms with E-state index < -0.39 is 0 Å². The van der Waals surface area contributed by atoms with Gasteiger partial charge in [0.1, 0.15) is 5.52 Å². The molecule has 136 valence electrons. The van der Waals surface area contributed by atoms with E-state index in [1.165, 1.54) is 5.56 Å². The first-order valence-corrected chi connectivity index (χ1v) is 9.05. The van der Waals surface area contributed by atoms with E-state index in [-0.39, 0.29) is 11.6 Å². The molecule has 1 N–H and O–H groups in total. The molecule has 6 nitrogen and oxygen atoms in total. The number of aromatic nitrogens is 3. The number of rotatable bonds is 3. The summed E-state index contributed by atoms with van der Waals surface area (Å²) >= 11 is 0. The standard InChI is InChI=1S/C20H25N5O/c1-23-12-15(14-7-5-4-6-8-14)11-16(13-23)21-20-22-17-9-10-24(2)18(17)19(26)25(20)3/h4-10,15-16H,11-13H2,1-3H3,(H,21,22)/t15-,16+/m0/s1. The van der Waals surface area contributed by atoms with E-state index in [2.05, 4.69) is 52.6 Å². The third-order valence-electron chi connectivity index (χ3n) is 5.34. The van der Waals surface area contributed by atoms with Crippen molar-refractivity contribution in [2.45, 2.75) is 18.4 Å². The number of hydrogen-bond donors (Lipinski definition) is 1. The first-order chi connectivity index (χ1) is 12.5. The minimum absolute atomic E-state index is 0.0197. The zero-order chi connectivity index (χ0) is 18.3. The van der Waals surface area contributed by atoms with Crippen LogP contribution >= 0.6 is 0 Å². The molecule has 4 rings (SSSR count). The normalized spacial score (nSPS) is 21.2. The highest BCUT2D eigenvalue weighted by molar-refractivity contribution is 5.76. The maximum Gasteiger partial charge on any atom is 0.279 e. The molecule has 1 fully saturated rings. The van der Waals surface area contributed by atoms with E-state index >= 15 is 0 Å². The second-order valence-electron chi connectivity index (χ2n) is 7.37. The Bertz CT molecular complexity index is 975. The number of aryl methyl sites for hydroxylation is 1. The van der Waals surface area contributed by atoms with Crippen molar-refractivity contribution in [2.24, 2.45) is 14.1 Å². The van der Waals surface area contributed by atoms with Crippen LogP contribution in [0.1, 0.15) is 17.9 Å². The Hall–Kier alpha value is -2.60. The lowest BCUT2D eigenvalue weighted by molar-refractivity contribution is 0.235. The van der Waals surface area contributed by atoms with Crippen LogP contribution in [0.25, 0.3) is 11.0 Å². The molecule has 2 aromatic heterocycles. The molecule has 3 aromatic rings. The molecule has 0 spiro atoms.